The van der Waals surface area contributed by atoms with Gasteiger partial charge in [-0.1, -0.05) is 0 Å². The van der Waals surface area contributed by atoms with Crippen molar-refractivity contribution < 1.29 is 14.3 Å². The molecule has 0 aromatic carbocycles. The van der Waals surface area contributed by atoms with Gasteiger partial charge in [-0.25, -0.2) is 0 Å². The second-order valence-corrected chi connectivity index (χ2v) is 4.02. The van der Waals surface area contributed by atoms with Gasteiger partial charge in [0.15, 0.2) is 0 Å². The Morgan fingerprint density at radius 2 is 2.00 bits per heavy atom. The first-order valence-electron chi connectivity index (χ1n) is 6.38. The number of amides is 1. The topological polar surface area (TPSA) is 65.7 Å². The van der Waals surface area contributed by atoms with Crippen LogP contribution in [-0.4, -0.2) is 35.5 Å². The number of hydrogen-bond donors (Lipinski definition) is 2. The molecule has 0 fully saturated rings. The van der Waals surface area contributed by atoms with Gasteiger partial charge in [0, 0.05) is 26.1 Å². The molecule has 0 bridgehead atoms. The highest BCUT2D eigenvalue weighted by atomic mass is 16.4. The lowest BCUT2D eigenvalue weighted by atomic mass is 10.3. The number of nitrogens with zero attached hydrogens (tertiary/aromatic N) is 1. The Bertz CT molecular complexity index is 359. The van der Waals surface area contributed by atoms with Crippen LogP contribution in [0.5, 0.6) is 0 Å². The van der Waals surface area contributed by atoms with Crippen LogP contribution in [0.1, 0.15) is 31.8 Å². The van der Waals surface area contributed by atoms with Crippen molar-refractivity contribution in [3.8, 4) is 0 Å². The van der Waals surface area contributed by atoms with Crippen molar-refractivity contribution in [2.75, 3.05) is 19.6 Å². The van der Waals surface area contributed by atoms with Crippen molar-refractivity contribution in [3.05, 3.63) is 23.7 Å². The maximum absolute atomic E-state index is 11.7. The van der Waals surface area contributed by atoms with E-state index in [0.717, 1.165) is 18.8 Å². The molecule has 0 unspecified atom stereocenters. The second-order valence-electron chi connectivity index (χ2n) is 4.02. The Kier molecular flexibility index (Phi) is 6.46. The Balaban J connectivity index is 2.20. The lowest BCUT2D eigenvalue weighted by Crippen LogP contribution is -2.32. The predicted octanol–water partition coefficient (Wildman–Crippen LogP) is 1.12. The molecular weight excluding hydrogens is 232 g/mol. The Hall–Kier alpha value is -1.33. The molecule has 1 amide bonds. The average Bonchev–Trinajstić information content (AvgIpc) is 2.84. The molecule has 0 spiro atoms. The number of aliphatic hydroxyl groups excluding tert-OH is 1. The molecule has 5 heteroatoms. The van der Waals surface area contributed by atoms with Crippen molar-refractivity contribution >= 4 is 5.91 Å². The number of furan rings is 1. The van der Waals surface area contributed by atoms with Crippen molar-refractivity contribution in [2.24, 2.45) is 0 Å². The van der Waals surface area contributed by atoms with Gasteiger partial charge in [-0.15, -0.1) is 0 Å². The molecule has 2 N–H and O–H groups in total. The molecule has 0 atom stereocenters. The lowest BCUT2D eigenvalue weighted by Gasteiger charge is -2.18. The minimum atomic E-state index is -0.0829. The van der Waals surface area contributed by atoms with Crippen molar-refractivity contribution in [3.63, 3.8) is 0 Å². The molecule has 102 valence electrons. The third kappa shape index (κ3) is 4.50. The van der Waals surface area contributed by atoms with E-state index >= 15 is 0 Å². The number of carbonyl (C=O) groups excluding carboxylic acids is 1. The number of hydrogen-bond acceptors (Lipinski definition) is 4. The first kappa shape index (κ1) is 14.7. The highest BCUT2D eigenvalue weighted by Crippen LogP contribution is 2.07. The fraction of sp³-hybridized carbons (Fsp3) is 0.615. The zero-order valence-electron chi connectivity index (χ0n) is 11.1. The highest BCUT2D eigenvalue weighted by Gasteiger charge is 2.08. The summed E-state index contributed by atoms with van der Waals surface area (Å²) in [5, 5.41) is 12.0. The van der Waals surface area contributed by atoms with Crippen LogP contribution >= 0.6 is 0 Å². The summed E-state index contributed by atoms with van der Waals surface area (Å²) in [5.74, 6) is 1.50. The molecule has 0 aliphatic heterocycles. The molecule has 1 aromatic heterocycles. The molecule has 0 aliphatic carbocycles. The quantitative estimate of drug-likeness (QED) is 0.682. The summed E-state index contributed by atoms with van der Waals surface area (Å²) >= 11 is 0. The third-order valence-corrected chi connectivity index (χ3v) is 2.80. The average molecular weight is 254 g/mol. The fourth-order valence-electron chi connectivity index (χ4n) is 1.74. The van der Waals surface area contributed by atoms with Crippen LogP contribution in [-0.2, 0) is 17.9 Å². The van der Waals surface area contributed by atoms with Gasteiger partial charge in [0.2, 0.25) is 5.91 Å². The molecule has 18 heavy (non-hydrogen) atoms. The van der Waals surface area contributed by atoms with Gasteiger partial charge < -0.3 is 19.7 Å². The molecule has 0 aliphatic rings. The maximum atomic E-state index is 11.7. The number of aliphatic hydroxyl groups is 1. The number of rotatable bonds is 8. The van der Waals surface area contributed by atoms with Gasteiger partial charge in [-0.2, -0.15) is 0 Å². The second kappa shape index (κ2) is 7.89. The first-order valence-corrected chi connectivity index (χ1v) is 6.38. The standard InChI is InChI=1S/C13H22N2O3/c1-3-15(4-2)13(17)7-8-14-9-11-5-6-12(10-16)18-11/h5-6,14,16H,3-4,7-10H2,1-2H3. The van der Waals surface area contributed by atoms with Crippen LogP contribution in [0.15, 0.2) is 16.5 Å². The Labute approximate surface area is 108 Å². The van der Waals surface area contributed by atoms with Crippen LogP contribution in [0.4, 0.5) is 0 Å². The summed E-state index contributed by atoms with van der Waals surface area (Å²) in [6.45, 7) is 6.60. The summed E-state index contributed by atoms with van der Waals surface area (Å²) in [6, 6.07) is 3.57. The Morgan fingerprint density at radius 1 is 1.33 bits per heavy atom. The molecule has 0 saturated carbocycles. The van der Waals surface area contributed by atoms with Crippen LogP contribution in [0.3, 0.4) is 0 Å². The largest absolute Gasteiger partial charge is 0.462 e. The van der Waals surface area contributed by atoms with E-state index in [9.17, 15) is 4.79 Å². The zero-order valence-corrected chi connectivity index (χ0v) is 11.1. The molecule has 1 heterocycles. The number of carbonyl (C=O) groups is 1. The molecule has 5 nitrogen and oxygen atoms in total. The van der Waals surface area contributed by atoms with Crippen LogP contribution in [0.2, 0.25) is 0 Å². The molecule has 1 aromatic rings. The summed E-state index contributed by atoms with van der Waals surface area (Å²) in [7, 11) is 0. The van der Waals surface area contributed by atoms with E-state index in [4.69, 9.17) is 9.52 Å². The highest BCUT2D eigenvalue weighted by molar-refractivity contribution is 5.76. The monoisotopic (exact) mass is 254 g/mol. The zero-order chi connectivity index (χ0) is 13.4. The van der Waals surface area contributed by atoms with Crippen LogP contribution < -0.4 is 5.32 Å². The van der Waals surface area contributed by atoms with Gasteiger partial charge in [-0.3, -0.25) is 4.79 Å². The van der Waals surface area contributed by atoms with E-state index in [1.54, 1.807) is 6.07 Å². The summed E-state index contributed by atoms with van der Waals surface area (Å²) in [5.41, 5.74) is 0. The fourth-order valence-corrected chi connectivity index (χ4v) is 1.74. The van der Waals surface area contributed by atoms with E-state index in [1.165, 1.54) is 0 Å². The third-order valence-electron chi connectivity index (χ3n) is 2.80. The summed E-state index contributed by atoms with van der Waals surface area (Å²) < 4.78 is 5.32. The van der Waals surface area contributed by atoms with E-state index in [-0.39, 0.29) is 12.5 Å². The van der Waals surface area contributed by atoms with Crippen molar-refractivity contribution in [2.45, 2.75) is 33.4 Å². The van der Waals surface area contributed by atoms with Gasteiger partial charge in [0.1, 0.15) is 18.1 Å². The van der Waals surface area contributed by atoms with Gasteiger partial charge in [-0.05, 0) is 26.0 Å². The van der Waals surface area contributed by atoms with E-state index in [1.807, 2.05) is 24.8 Å². The molecule has 1 rings (SSSR count). The molecular formula is C13H22N2O3. The van der Waals surface area contributed by atoms with E-state index in [2.05, 4.69) is 5.32 Å². The normalized spacial score (nSPS) is 10.6. The maximum Gasteiger partial charge on any atom is 0.223 e. The van der Waals surface area contributed by atoms with Crippen LogP contribution in [0, 0.1) is 0 Å². The van der Waals surface area contributed by atoms with Crippen molar-refractivity contribution in [1.29, 1.82) is 0 Å². The van der Waals surface area contributed by atoms with E-state index < -0.39 is 0 Å². The smallest absolute Gasteiger partial charge is 0.223 e. The Morgan fingerprint density at radius 3 is 2.56 bits per heavy atom. The van der Waals surface area contributed by atoms with Gasteiger partial charge in [0.25, 0.3) is 0 Å². The summed E-state index contributed by atoms with van der Waals surface area (Å²) in [6.07, 6.45) is 0.495. The van der Waals surface area contributed by atoms with Gasteiger partial charge in [0.05, 0.1) is 6.54 Å². The molecule has 0 saturated heterocycles. The predicted molar refractivity (Wildman–Crippen MR) is 68.9 cm³/mol. The van der Waals surface area contributed by atoms with Crippen LogP contribution in [0.25, 0.3) is 0 Å². The minimum absolute atomic E-state index is 0.0829. The minimum Gasteiger partial charge on any atom is -0.462 e. The van der Waals surface area contributed by atoms with Gasteiger partial charge >= 0.3 is 0 Å². The van der Waals surface area contributed by atoms with E-state index in [0.29, 0.717) is 25.3 Å². The van der Waals surface area contributed by atoms with Crippen molar-refractivity contribution in [1.82, 2.24) is 10.2 Å². The first-order chi connectivity index (χ1) is 8.71. The molecule has 0 radical (unpaired) electrons. The number of nitrogens with one attached hydrogen (secondary N) is 1. The SMILES string of the molecule is CCN(CC)C(=O)CCNCc1ccc(CO)o1. The summed E-state index contributed by atoms with van der Waals surface area (Å²) in [4.78, 5) is 13.5. The lowest BCUT2D eigenvalue weighted by molar-refractivity contribution is -0.130.